The summed E-state index contributed by atoms with van der Waals surface area (Å²) in [6, 6.07) is 15.5. The Balaban J connectivity index is 2.26. The fraction of sp³-hybridized carbons (Fsp3) is 0.381. The van der Waals surface area contributed by atoms with Gasteiger partial charge in [-0.25, -0.2) is 0 Å². The fourth-order valence-corrected chi connectivity index (χ4v) is 2.74. The van der Waals surface area contributed by atoms with Crippen LogP contribution >= 0.6 is 0 Å². The molecule has 0 N–H and O–H groups in total. The Labute approximate surface area is 139 Å². The summed E-state index contributed by atoms with van der Waals surface area (Å²) in [6.45, 7) is 6.26. The number of ketones is 1. The Kier molecular flexibility index (Phi) is 6.40. The normalized spacial score (nSPS) is 12.0. The van der Waals surface area contributed by atoms with Gasteiger partial charge in [-0.1, -0.05) is 57.0 Å². The molecule has 2 heteroatoms. The first kappa shape index (κ1) is 17.3. The van der Waals surface area contributed by atoms with Crippen molar-refractivity contribution in [2.45, 2.75) is 46.5 Å². The van der Waals surface area contributed by atoms with Crippen LogP contribution in [-0.4, -0.2) is 5.78 Å². The second-order valence-electron chi connectivity index (χ2n) is 5.98. The van der Waals surface area contributed by atoms with Crippen molar-refractivity contribution in [3.8, 4) is 11.5 Å². The van der Waals surface area contributed by atoms with Crippen LogP contribution in [0.3, 0.4) is 0 Å². The molecule has 2 aromatic rings. The zero-order valence-corrected chi connectivity index (χ0v) is 14.3. The summed E-state index contributed by atoms with van der Waals surface area (Å²) in [5.41, 5.74) is 1.76. The van der Waals surface area contributed by atoms with E-state index in [4.69, 9.17) is 4.74 Å². The van der Waals surface area contributed by atoms with Gasteiger partial charge in [-0.2, -0.15) is 0 Å². The molecule has 122 valence electrons. The maximum absolute atomic E-state index is 12.9. The number of hydrogen-bond donors (Lipinski definition) is 0. The van der Waals surface area contributed by atoms with Crippen LogP contribution in [0.2, 0.25) is 0 Å². The maximum atomic E-state index is 12.9. The van der Waals surface area contributed by atoms with Gasteiger partial charge in [0.1, 0.15) is 11.5 Å². The van der Waals surface area contributed by atoms with Crippen LogP contribution in [0.5, 0.6) is 11.5 Å². The van der Waals surface area contributed by atoms with Crippen LogP contribution in [0, 0.1) is 12.8 Å². The van der Waals surface area contributed by atoms with E-state index in [1.807, 2.05) is 55.5 Å². The van der Waals surface area contributed by atoms with Gasteiger partial charge in [0.05, 0.1) is 5.56 Å². The average molecular weight is 310 g/mol. The van der Waals surface area contributed by atoms with Crippen molar-refractivity contribution in [3.05, 3.63) is 59.7 Å². The molecule has 2 rings (SSSR count). The molecule has 0 fully saturated rings. The first-order valence-corrected chi connectivity index (χ1v) is 8.54. The molecule has 0 unspecified atom stereocenters. The molecule has 23 heavy (non-hydrogen) atoms. The summed E-state index contributed by atoms with van der Waals surface area (Å²) in [4.78, 5) is 12.9. The lowest BCUT2D eigenvalue weighted by Crippen LogP contribution is -2.15. The monoisotopic (exact) mass is 310 g/mol. The van der Waals surface area contributed by atoms with Gasteiger partial charge in [-0.05, 0) is 43.5 Å². The molecule has 1 atom stereocenters. The molecule has 0 bridgehead atoms. The molecule has 0 spiro atoms. The quantitative estimate of drug-likeness (QED) is 0.544. The zero-order valence-electron chi connectivity index (χ0n) is 14.3. The molecule has 0 saturated heterocycles. The Morgan fingerprint density at radius 2 is 1.65 bits per heavy atom. The topological polar surface area (TPSA) is 26.3 Å². The molecule has 2 aromatic carbocycles. The summed E-state index contributed by atoms with van der Waals surface area (Å²) < 4.78 is 6.04. The van der Waals surface area contributed by atoms with E-state index in [-0.39, 0.29) is 11.7 Å². The Bertz CT molecular complexity index is 646. The van der Waals surface area contributed by atoms with E-state index in [1.165, 1.54) is 0 Å². The number of hydrogen-bond acceptors (Lipinski definition) is 2. The van der Waals surface area contributed by atoms with Gasteiger partial charge in [-0.15, -0.1) is 0 Å². The van der Waals surface area contributed by atoms with Gasteiger partial charge >= 0.3 is 0 Å². The molecule has 0 aliphatic rings. The van der Waals surface area contributed by atoms with Gasteiger partial charge in [0.2, 0.25) is 0 Å². The third-order valence-electron chi connectivity index (χ3n) is 4.24. The summed E-state index contributed by atoms with van der Waals surface area (Å²) in [5, 5.41) is 0. The molecular weight excluding hydrogens is 284 g/mol. The highest BCUT2D eigenvalue weighted by Gasteiger charge is 2.21. The van der Waals surface area contributed by atoms with Crippen LogP contribution in [0.15, 0.2) is 48.5 Å². The minimum atomic E-state index is 0.0802. The molecular formula is C21H26O2. The first-order valence-electron chi connectivity index (χ1n) is 8.54. The third-order valence-corrected chi connectivity index (χ3v) is 4.24. The average Bonchev–Trinajstić information content (AvgIpc) is 2.58. The lowest BCUT2D eigenvalue weighted by Gasteiger charge is -2.17. The summed E-state index contributed by atoms with van der Waals surface area (Å²) in [5.74, 6) is 1.73. The van der Waals surface area contributed by atoms with Crippen LogP contribution in [0.1, 0.15) is 55.5 Å². The second kappa shape index (κ2) is 8.52. The highest BCUT2D eigenvalue weighted by molar-refractivity contribution is 6.00. The van der Waals surface area contributed by atoms with Crippen LogP contribution in [0.25, 0.3) is 0 Å². The number of aryl methyl sites for hydroxylation is 1. The molecule has 0 heterocycles. The smallest absolute Gasteiger partial charge is 0.169 e. The van der Waals surface area contributed by atoms with E-state index in [0.29, 0.717) is 11.3 Å². The lowest BCUT2D eigenvalue weighted by atomic mass is 9.90. The van der Waals surface area contributed by atoms with Gasteiger partial charge < -0.3 is 4.74 Å². The van der Waals surface area contributed by atoms with Crippen molar-refractivity contribution in [2.75, 3.05) is 0 Å². The third kappa shape index (κ3) is 4.44. The number of ether oxygens (including phenoxy) is 1. The number of unbranched alkanes of at least 4 members (excludes halogenated alkanes) is 1. The van der Waals surface area contributed by atoms with Crippen molar-refractivity contribution in [1.29, 1.82) is 0 Å². The summed E-state index contributed by atoms with van der Waals surface area (Å²) in [7, 11) is 0. The lowest BCUT2D eigenvalue weighted by molar-refractivity contribution is 0.0906. The maximum Gasteiger partial charge on any atom is 0.169 e. The van der Waals surface area contributed by atoms with Crippen LogP contribution < -0.4 is 4.74 Å². The predicted molar refractivity (Wildman–Crippen MR) is 95.3 cm³/mol. The summed E-state index contributed by atoms with van der Waals surface area (Å²) >= 11 is 0. The van der Waals surface area contributed by atoms with E-state index >= 15 is 0 Å². The number of para-hydroxylation sites is 2. The van der Waals surface area contributed by atoms with Gasteiger partial charge in [0, 0.05) is 5.92 Å². The molecule has 2 nitrogen and oxygen atoms in total. The number of Topliss-reactive ketones (excluding diaryl/α,β-unsaturated/α-hetero) is 1. The predicted octanol–water partition coefficient (Wildman–Crippen LogP) is 6.19. The number of carbonyl (C=O) groups excluding carboxylic acids is 1. The van der Waals surface area contributed by atoms with Crippen molar-refractivity contribution < 1.29 is 9.53 Å². The van der Waals surface area contributed by atoms with E-state index in [1.54, 1.807) is 0 Å². The molecule has 0 aliphatic carbocycles. The fourth-order valence-electron chi connectivity index (χ4n) is 2.74. The van der Waals surface area contributed by atoms with E-state index in [2.05, 4.69) is 13.8 Å². The van der Waals surface area contributed by atoms with Gasteiger partial charge in [0.15, 0.2) is 5.78 Å². The van der Waals surface area contributed by atoms with Crippen molar-refractivity contribution in [3.63, 3.8) is 0 Å². The SMILES string of the molecule is CCCC[C@H](CC)C(=O)c1ccccc1Oc1ccccc1C. The molecule has 0 aliphatic heterocycles. The minimum Gasteiger partial charge on any atom is -0.456 e. The first-order chi connectivity index (χ1) is 11.2. The number of carbonyl (C=O) groups is 1. The zero-order chi connectivity index (χ0) is 16.7. The Morgan fingerprint density at radius 3 is 2.30 bits per heavy atom. The second-order valence-corrected chi connectivity index (χ2v) is 5.98. The van der Waals surface area contributed by atoms with Crippen LogP contribution in [-0.2, 0) is 0 Å². The highest BCUT2D eigenvalue weighted by atomic mass is 16.5. The summed E-state index contributed by atoms with van der Waals surface area (Å²) in [6.07, 6.45) is 4.03. The standard InChI is InChI=1S/C21H26O2/c1-4-6-12-17(5-2)21(22)18-13-8-10-15-20(18)23-19-14-9-7-11-16(19)3/h7-11,13-15,17H,4-6,12H2,1-3H3/t17-/m0/s1. The Hall–Kier alpha value is -2.09. The molecule has 0 radical (unpaired) electrons. The number of rotatable bonds is 8. The van der Waals surface area contributed by atoms with E-state index in [0.717, 1.165) is 37.0 Å². The highest BCUT2D eigenvalue weighted by Crippen LogP contribution is 2.30. The van der Waals surface area contributed by atoms with Crippen molar-refractivity contribution in [1.82, 2.24) is 0 Å². The molecule has 0 amide bonds. The van der Waals surface area contributed by atoms with Crippen LogP contribution in [0.4, 0.5) is 0 Å². The molecule has 0 aromatic heterocycles. The largest absolute Gasteiger partial charge is 0.456 e. The van der Waals surface area contributed by atoms with Gasteiger partial charge in [-0.3, -0.25) is 4.79 Å². The molecule has 0 saturated carbocycles. The van der Waals surface area contributed by atoms with Crippen molar-refractivity contribution in [2.24, 2.45) is 5.92 Å². The Morgan fingerprint density at radius 1 is 1.00 bits per heavy atom. The number of benzene rings is 2. The van der Waals surface area contributed by atoms with Gasteiger partial charge in [0.25, 0.3) is 0 Å². The van der Waals surface area contributed by atoms with Crippen molar-refractivity contribution >= 4 is 5.78 Å². The van der Waals surface area contributed by atoms with E-state index < -0.39 is 0 Å². The van der Waals surface area contributed by atoms with E-state index in [9.17, 15) is 4.79 Å². The minimum absolute atomic E-state index is 0.0802.